The number of alkyl halides is 1. The second-order valence-electron chi connectivity index (χ2n) is 7.20. The van der Waals surface area contributed by atoms with Crippen molar-refractivity contribution in [3.63, 3.8) is 0 Å². The summed E-state index contributed by atoms with van der Waals surface area (Å²) in [5.41, 5.74) is 5.70. The number of allylic oxidation sites excluding steroid dienone is 5. The van der Waals surface area contributed by atoms with Crippen molar-refractivity contribution in [2.24, 2.45) is 0 Å². The average Bonchev–Trinajstić information content (AvgIpc) is 3.15. The van der Waals surface area contributed by atoms with E-state index in [1.807, 2.05) is 48.7 Å². The van der Waals surface area contributed by atoms with Crippen LogP contribution in [0.15, 0.2) is 91.4 Å². The van der Waals surface area contributed by atoms with Crippen molar-refractivity contribution in [3.8, 4) is 0 Å². The molecule has 0 fully saturated rings. The average molecular weight is 439 g/mol. The molecular weight excluding hydrogens is 414 g/mol. The highest BCUT2D eigenvalue weighted by molar-refractivity contribution is 6.31. The van der Waals surface area contributed by atoms with Crippen molar-refractivity contribution in [3.05, 3.63) is 113 Å². The summed E-state index contributed by atoms with van der Waals surface area (Å²) in [6.07, 6.45) is 7.11. The van der Waals surface area contributed by atoms with Crippen LogP contribution >= 0.6 is 11.6 Å². The Labute approximate surface area is 186 Å². The maximum Gasteiger partial charge on any atom is 0.122 e. The normalized spacial score (nSPS) is 12.2. The van der Waals surface area contributed by atoms with Crippen LogP contribution in [0.1, 0.15) is 16.7 Å². The molecule has 3 aromatic rings. The zero-order valence-corrected chi connectivity index (χ0v) is 18.0. The molecule has 5 heteroatoms. The molecular formula is C26H25ClF2N2. The molecule has 160 valence electrons. The maximum atomic E-state index is 13.6. The molecule has 2 aromatic carbocycles. The van der Waals surface area contributed by atoms with Gasteiger partial charge in [-0.25, -0.2) is 8.78 Å². The number of fused-ring (bicyclic) bond motifs is 1. The third kappa shape index (κ3) is 6.19. The second-order valence-corrected chi connectivity index (χ2v) is 7.64. The highest BCUT2D eigenvalue weighted by Crippen LogP contribution is 2.23. The van der Waals surface area contributed by atoms with E-state index in [9.17, 15) is 8.78 Å². The number of H-pyrrole nitrogens is 1. The fourth-order valence-electron chi connectivity index (χ4n) is 3.40. The minimum absolute atomic E-state index is 0.494. The van der Waals surface area contributed by atoms with E-state index < -0.39 is 12.5 Å². The third-order valence-electron chi connectivity index (χ3n) is 5.00. The highest BCUT2D eigenvalue weighted by Gasteiger charge is 2.06. The summed E-state index contributed by atoms with van der Waals surface area (Å²) in [6.45, 7) is 7.76. The quantitative estimate of drug-likeness (QED) is 0.324. The SMILES string of the molecule is C=C/C(=C\C(F)=C/CF)Cc1cccc(C(=C)NCCc2c[nH]c3ccc(Cl)cc23)c1. The molecule has 0 aliphatic rings. The lowest BCUT2D eigenvalue weighted by Gasteiger charge is -2.11. The van der Waals surface area contributed by atoms with E-state index in [1.54, 1.807) is 6.08 Å². The molecule has 0 aliphatic carbocycles. The van der Waals surface area contributed by atoms with Gasteiger partial charge in [-0.1, -0.05) is 49.0 Å². The zero-order valence-electron chi connectivity index (χ0n) is 17.2. The fraction of sp³-hybridized carbons (Fsp3) is 0.154. The summed E-state index contributed by atoms with van der Waals surface area (Å²) in [7, 11) is 0. The molecule has 0 aliphatic heterocycles. The predicted octanol–water partition coefficient (Wildman–Crippen LogP) is 7.10. The molecule has 0 spiro atoms. The van der Waals surface area contributed by atoms with E-state index in [2.05, 4.69) is 23.5 Å². The molecule has 2 nitrogen and oxygen atoms in total. The molecule has 0 radical (unpaired) electrons. The van der Waals surface area contributed by atoms with Crippen LogP contribution in [-0.2, 0) is 12.8 Å². The van der Waals surface area contributed by atoms with Crippen molar-refractivity contribution in [2.75, 3.05) is 13.2 Å². The molecule has 0 bridgehead atoms. The van der Waals surface area contributed by atoms with Gasteiger partial charge < -0.3 is 10.3 Å². The van der Waals surface area contributed by atoms with Crippen LogP contribution in [-0.4, -0.2) is 18.2 Å². The number of hydrogen-bond acceptors (Lipinski definition) is 1. The van der Waals surface area contributed by atoms with Crippen LogP contribution in [0.25, 0.3) is 16.6 Å². The standard InChI is InChI=1S/C26H25ClF2N2/c1-3-19(15-24(29)9-11-28)13-20-5-4-6-21(14-20)18(2)30-12-10-22-17-31-26-8-7-23(27)16-25(22)26/h3-9,14-17,30-31H,1-2,10-13H2/b19-15+,24-9+. The van der Waals surface area contributed by atoms with E-state index in [0.29, 0.717) is 12.0 Å². The lowest BCUT2D eigenvalue weighted by molar-refractivity contribution is 0.547. The summed E-state index contributed by atoms with van der Waals surface area (Å²) in [6, 6.07) is 13.7. The third-order valence-corrected chi connectivity index (χ3v) is 5.24. The van der Waals surface area contributed by atoms with Crippen LogP contribution in [0.5, 0.6) is 0 Å². The van der Waals surface area contributed by atoms with Crippen molar-refractivity contribution >= 4 is 28.2 Å². The first-order chi connectivity index (χ1) is 15.0. The van der Waals surface area contributed by atoms with Crippen LogP contribution in [0.2, 0.25) is 5.02 Å². The maximum absolute atomic E-state index is 13.6. The molecule has 3 rings (SSSR count). The van der Waals surface area contributed by atoms with Gasteiger partial charge in [-0.3, -0.25) is 0 Å². The Morgan fingerprint density at radius 3 is 2.81 bits per heavy atom. The van der Waals surface area contributed by atoms with Crippen molar-refractivity contribution in [1.29, 1.82) is 0 Å². The Morgan fingerprint density at radius 1 is 1.19 bits per heavy atom. The van der Waals surface area contributed by atoms with Gasteiger partial charge in [0.1, 0.15) is 12.5 Å². The molecule has 1 heterocycles. The van der Waals surface area contributed by atoms with Crippen LogP contribution in [0.4, 0.5) is 8.78 Å². The van der Waals surface area contributed by atoms with Crippen molar-refractivity contribution in [2.45, 2.75) is 12.8 Å². The van der Waals surface area contributed by atoms with Crippen molar-refractivity contribution in [1.82, 2.24) is 10.3 Å². The zero-order chi connectivity index (χ0) is 22.2. The number of benzene rings is 2. The fourth-order valence-corrected chi connectivity index (χ4v) is 3.58. The Balaban J connectivity index is 1.62. The van der Waals surface area contributed by atoms with E-state index in [1.165, 1.54) is 11.6 Å². The largest absolute Gasteiger partial charge is 0.385 e. The Kier molecular flexibility index (Phi) is 7.85. The van der Waals surface area contributed by atoms with E-state index >= 15 is 0 Å². The lowest BCUT2D eigenvalue weighted by atomic mass is 10.0. The first kappa shape index (κ1) is 22.6. The Morgan fingerprint density at radius 2 is 2.03 bits per heavy atom. The minimum atomic E-state index is -0.834. The summed E-state index contributed by atoms with van der Waals surface area (Å²) >= 11 is 6.12. The topological polar surface area (TPSA) is 27.8 Å². The van der Waals surface area contributed by atoms with Gasteiger partial charge in [0.15, 0.2) is 0 Å². The van der Waals surface area contributed by atoms with Gasteiger partial charge in [0.2, 0.25) is 0 Å². The number of hydrogen-bond donors (Lipinski definition) is 2. The molecule has 0 saturated heterocycles. The molecule has 0 amide bonds. The van der Waals surface area contributed by atoms with Gasteiger partial charge in [-0.05, 0) is 71.5 Å². The second kappa shape index (κ2) is 10.8. The van der Waals surface area contributed by atoms with Gasteiger partial charge in [0.05, 0.1) is 0 Å². The van der Waals surface area contributed by atoms with Gasteiger partial charge in [0, 0.05) is 34.4 Å². The van der Waals surface area contributed by atoms with Crippen LogP contribution in [0, 0.1) is 0 Å². The predicted molar refractivity (Wildman–Crippen MR) is 128 cm³/mol. The van der Waals surface area contributed by atoms with Gasteiger partial charge in [0.25, 0.3) is 0 Å². The smallest absolute Gasteiger partial charge is 0.122 e. The van der Waals surface area contributed by atoms with E-state index in [-0.39, 0.29) is 0 Å². The lowest BCUT2D eigenvalue weighted by Crippen LogP contribution is -2.15. The summed E-state index contributed by atoms with van der Waals surface area (Å²) in [5.74, 6) is -0.599. The monoisotopic (exact) mass is 438 g/mol. The van der Waals surface area contributed by atoms with E-state index in [4.69, 9.17) is 11.6 Å². The number of nitrogens with one attached hydrogen (secondary N) is 2. The molecule has 0 unspecified atom stereocenters. The minimum Gasteiger partial charge on any atom is -0.385 e. The summed E-state index contributed by atoms with van der Waals surface area (Å²) < 4.78 is 25.8. The first-order valence-corrected chi connectivity index (χ1v) is 10.4. The van der Waals surface area contributed by atoms with E-state index in [0.717, 1.165) is 51.8 Å². The molecule has 1 aromatic heterocycles. The number of aromatic nitrogens is 1. The first-order valence-electron chi connectivity index (χ1n) is 10.0. The van der Waals surface area contributed by atoms with Gasteiger partial charge in [-0.15, -0.1) is 0 Å². The van der Waals surface area contributed by atoms with Gasteiger partial charge >= 0.3 is 0 Å². The molecule has 31 heavy (non-hydrogen) atoms. The number of halogens is 3. The Bertz CT molecular complexity index is 1140. The molecule has 0 saturated carbocycles. The van der Waals surface area contributed by atoms with Gasteiger partial charge in [-0.2, -0.15) is 0 Å². The summed E-state index contributed by atoms with van der Waals surface area (Å²) in [4.78, 5) is 3.26. The summed E-state index contributed by atoms with van der Waals surface area (Å²) in [5, 5.41) is 5.22. The number of rotatable bonds is 10. The molecule has 0 atom stereocenters. The number of aromatic amines is 1. The Hall–Kier alpha value is -3.11. The van der Waals surface area contributed by atoms with Crippen molar-refractivity contribution < 1.29 is 8.78 Å². The van der Waals surface area contributed by atoms with Crippen LogP contribution < -0.4 is 5.32 Å². The van der Waals surface area contributed by atoms with Crippen LogP contribution in [0.3, 0.4) is 0 Å². The highest BCUT2D eigenvalue weighted by atomic mass is 35.5. The molecule has 2 N–H and O–H groups in total.